The molecule has 1 unspecified atom stereocenters. The lowest BCUT2D eigenvalue weighted by molar-refractivity contribution is 0.680. The van der Waals surface area contributed by atoms with Crippen molar-refractivity contribution < 1.29 is 0 Å². The second-order valence-electron chi connectivity index (χ2n) is 7.66. The summed E-state index contributed by atoms with van der Waals surface area (Å²) in [6.45, 7) is 6.82. The molecule has 0 fully saturated rings. The highest BCUT2D eigenvalue weighted by Gasteiger charge is 2.24. The number of benzene rings is 1. The number of nitrogens with two attached hydrogens (primary N) is 3. The minimum atomic E-state index is -0.526. The van der Waals surface area contributed by atoms with Crippen LogP contribution in [0.1, 0.15) is 54.0 Å². The van der Waals surface area contributed by atoms with Crippen molar-refractivity contribution in [2.75, 3.05) is 5.73 Å². The average Bonchev–Trinajstić information content (AvgIpc) is 3.43. The van der Waals surface area contributed by atoms with E-state index in [1.54, 1.807) is 6.20 Å². The highest BCUT2D eigenvalue weighted by molar-refractivity contribution is 8.13. The summed E-state index contributed by atoms with van der Waals surface area (Å²) < 4.78 is 0.943. The second kappa shape index (κ2) is 10.1. The molecule has 0 saturated heterocycles. The van der Waals surface area contributed by atoms with Crippen LogP contribution in [0, 0.1) is 11.3 Å². The van der Waals surface area contributed by atoms with E-state index in [2.05, 4.69) is 35.3 Å². The van der Waals surface area contributed by atoms with Gasteiger partial charge in [-0.1, -0.05) is 29.2 Å². The summed E-state index contributed by atoms with van der Waals surface area (Å²) in [5.41, 5.74) is 17.4. The second-order valence-corrected chi connectivity index (χ2v) is 10.2. The number of nitrogen functional groups attached to an aromatic ring is 1. The lowest BCUT2D eigenvalue weighted by Crippen LogP contribution is -2.12. The van der Waals surface area contributed by atoms with E-state index in [9.17, 15) is 0 Å². The molecule has 1 atom stereocenters. The Kier molecular flexibility index (Phi) is 8.03. The van der Waals surface area contributed by atoms with Gasteiger partial charge in [-0.15, -0.1) is 11.3 Å². The van der Waals surface area contributed by atoms with Gasteiger partial charge in [0, 0.05) is 5.69 Å². The summed E-state index contributed by atoms with van der Waals surface area (Å²) in [7, 11) is -0.498. The standard InChI is InChI=1S/C12H15N.C8H11N3S2.C2H5N/c13-12-10-5-1-3-8(10)7-9-4-2-6-11(9)12;1-8(2,5-9)7-11-4-6(12-7)13(3)10;1-2-3/h7H,1-6,13H2;4H,3,10H2,1-2H3;2H,1,3H2. The fourth-order valence-corrected chi connectivity index (χ4v) is 5.13. The zero-order valence-electron chi connectivity index (χ0n) is 17.3. The monoisotopic (exact) mass is 429 g/mol. The Labute approximate surface area is 180 Å². The number of thiazole rings is 1. The van der Waals surface area contributed by atoms with E-state index in [1.165, 1.54) is 78.3 Å². The minimum absolute atomic E-state index is 0.498. The lowest BCUT2D eigenvalue weighted by Gasteiger charge is -2.10. The van der Waals surface area contributed by atoms with Gasteiger partial charge in [-0.25, -0.2) is 4.98 Å². The van der Waals surface area contributed by atoms with Crippen molar-refractivity contribution in [3.05, 3.63) is 52.3 Å². The van der Waals surface area contributed by atoms with Gasteiger partial charge in [0.15, 0.2) is 0 Å². The maximum atomic E-state index is 8.87. The van der Waals surface area contributed by atoms with Crippen LogP contribution in [-0.2, 0) is 31.1 Å². The first kappa shape index (κ1) is 23.1. The van der Waals surface area contributed by atoms with Crippen molar-refractivity contribution in [1.82, 2.24) is 4.98 Å². The third-order valence-corrected chi connectivity index (χ3v) is 7.71. The molecule has 4 rings (SSSR count). The molecule has 0 radical (unpaired) electrons. The number of aromatic nitrogens is 1. The minimum Gasteiger partial charge on any atom is -0.405 e. The molecule has 0 bridgehead atoms. The third kappa shape index (κ3) is 5.47. The van der Waals surface area contributed by atoms with Crippen LogP contribution in [0.4, 0.5) is 5.69 Å². The molecule has 1 heterocycles. The smallest absolute Gasteiger partial charge is 0.113 e. The van der Waals surface area contributed by atoms with Crippen LogP contribution in [0.3, 0.4) is 0 Å². The third-order valence-electron chi connectivity index (χ3n) is 5.08. The Balaban J connectivity index is 0.000000183. The number of fused-ring (bicyclic) bond motifs is 2. The van der Waals surface area contributed by atoms with Gasteiger partial charge >= 0.3 is 0 Å². The van der Waals surface area contributed by atoms with Crippen LogP contribution < -0.4 is 16.6 Å². The van der Waals surface area contributed by atoms with E-state index < -0.39 is 16.1 Å². The predicted octanol–water partition coefficient (Wildman–Crippen LogP) is 4.21. The van der Waals surface area contributed by atoms with Crippen molar-refractivity contribution in [3.8, 4) is 6.07 Å². The molecule has 0 saturated carbocycles. The van der Waals surface area contributed by atoms with Gasteiger partial charge in [-0.2, -0.15) is 5.26 Å². The van der Waals surface area contributed by atoms with E-state index >= 15 is 0 Å². The van der Waals surface area contributed by atoms with Gasteiger partial charge in [0.1, 0.15) is 10.4 Å². The van der Waals surface area contributed by atoms with Gasteiger partial charge in [-0.3, -0.25) is 5.14 Å². The Morgan fingerprint density at radius 1 is 1.21 bits per heavy atom. The summed E-state index contributed by atoms with van der Waals surface area (Å²) in [5.74, 6) is 3.72. The van der Waals surface area contributed by atoms with Crippen LogP contribution in [-0.4, -0.2) is 10.9 Å². The molecule has 7 heteroatoms. The zero-order chi connectivity index (χ0) is 21.6. The molecule has 2 aliphatic carbocycles. The maximum absolute atomic E-state index is 8.87. The Morgan fingerprint density at radius 2 is 1.72 bits per heavy atom. The molecule has 1 aromatic heterocycles. The van der Waals surface area contributed by atoms with Crippen molar-refractivity contribution in [1.29, 1.82) is 5.26 Å². The first-order chi connectivity index (χ1) is 13.7. The fourth-order valence-electron chi connectivity index (χ4n) is 3.58. The van der Waals surface area contributed by atoms with E-state index in [0.717, 1.165) is 14.9 Å². The summed E-state index contributed by atoms with van der Waals surface area (Å²) in [6, 6.07) is 4.62. The number of aryl methyl sites for hydroxylation is 2. The van der Waals surface area contributed by atoms with E-state index in [4.69, 9.17) is 16.1 Å². The first-order valence-electron chi connectivity index (χ1n) is 9.65. The maximum Gasteiger partial charge on any atom is 0.113 e. The predicted molar refractivity (Wildman–Crippen MR) is 127 cm³/mol. The molecule has 2 aliphatic rings. The normalized spacial score (nSPS) is 15.0. The zero-order valence-corrected chi connectivity index (χ0v) is 19.0. The molecule has 29 heavy (non-hydrogen) atoms. The average molecular weight is 430 g/mol. The van der Waals surface area contributed by atoms with Crippen molar-refractivity contribution in [2.24, 2.45) is 10.9 Å². The molecular weight excluding hydrogens is 398 g/mol. The molecule has 5 nitrogen and oxygen atoms in total. The Hall–Kier alpha value is -2.14. The number of anilines is 1. The van der Waals surface area contributed by atoms with Crippen molar-refractivity contribution >= 4 is 33.6 Å². The molecule has 156 valence electrons. The fraction of sp³-hybridized carbons (Fsp3) is 0.409. The van der Waals surface area contributed by atoms with Gasteiger partial charge in [0.05, 0.1) is 16.5 Å². The topological polar surface area (TPSA) is 115 Å². The highest BCUT2D eigenvalue weighted by Crippen LogP contribution is 2.36. The molecule has 1 aromatic carbocycles. The van der Waals surface area contributed by atoms with Crippen LogP contribution in [0.5, 0.6) is 0 Å². The summed E-state index contributed by atoms with van der Waals surface area (Å²) in [6.07, 6.45) is 10.5. The summed E-state index contributed by atoms with van der Waals surface area (Å²) >= 11 is 1.46. The largest absolute Gasteiger partial charge is 0.405 e. The summed E-state index contributed by atoms with van der Waals surface area (Å²) in [4.78, 5) is 4.16. The van der Waals surface area contributed by atoms with Crippen molar-refractivity contribution in [2.45, 2.75) is 62.0 Å². The van der Waals surface area contributed by atoms with Crippen LogP contribution >= 0.6 is 22.0 Å². The highest BCUT2D eigenvalue weighted by atomic mass is 32.2. The SMILES string of the molecule is C=CN.C=S(N)c1cnc(C(C)(C)C#N)s1.Nc1c2c(cc3c1CCC3)CCC2. The van der Waals surface area contributed by atoms with Crippen LogP contribution in [0.15, 0.2) is 29.3 Å². The molecule has 0 amide bonds. The molecule has 0 spiro atoms. The molecule has 2 aromatic rings. The number of nitrogens with zero attached hydrogens (tertiary/aromatic N) is 2. The van der Waals surface area contributed by atoms with Crippen molar-refractivity contribution in [3.63, 3.8) is 0 Å². The number of nitriles is 1. The quantitative estimate of drug-likeness (QED) is 0.488. The first-order valence-corrected chi connectivity index (χ1v) is 11.9. The van der Waals surface area contributed by atoms with E-state index in [1.807, 2.05) is 13.8 Å². The van der Waals surface area contributed by atoms with Gasteiger partial charge < -0.3 is 11.5 Å². The van der Waals surface area contributed by atoms with E-state index in [0.29, 0.717) is 0 Å². The molecule has 6 N–H and O–H groups in total. The molecular formula is C22H31N5S2. The summed E-state index contributed by atoms with van der Waals surface area (Å²) in [5, 5.41) is 15.3. The molecule has 0 aliphatic heterocycles. The van der Waals surface area contributed by atoms with Crippen LogP contribution in [0.25, 0.3) is 0 Å². The van der Waals surface area contributed by atoms with Gasteiger partial charge in [0.25, 0.3) is 0 Å². The van der Waals surface area contributed by atoms with Crippen LogP contribution in [0.2, 0.25) is 0 Å². The Bertz CT molecular complexity index is 905. The van der Waals surface area contributed by atoms with Gasteiger partial charge in [0.2, 0.25) is 0 Å². The van der Waals surface area contributed by atoms with Gasteiger partial charge in [-0.05, 0) is 80.8 Å². The number of rotatable bonds is 2. The number of hydrogen-bond donors (Lipinski definition) is 3. The number of hydrogen-bond acceptors (Lipinski definition) is 6. The Morgan fingerprint density at radius 3 is 2.14 bits per heavy atom. The van der Waals surface area contributed by atoms with E-state index in [-0.39, 0.29) is 0 Å². The lowest BCUT2D eigenvalue weighted by atomic mass is 9.97.